The second kappa shape index (κ2) is 8.27. The first-order chi connectivity index (χ1) is 6.97. The highest BCUT2D eigenvalue weighted by Gasteiger charge is 1.85. The maximum atomic E-state index is 4.50. The molecule has 2 rings (SSSR count). The van der Waals surface area contributed by atoms with E-state index < -0.39 is 0 Å². The Morgan fingerprint density at radius 1 is 0.643 bits per heavy atom. The highest BCUT2D eigenvalue weighted by Crippen LogP contribution is 2.11. The summed E-state index contributed by atoms with van der Waals surface area (Å²) in [5.41, 5.74) is 4.50. The van der Waals surface area contributed by atoms with Crippen molar-refractivity contribution in [2.45, 2.75) is 13.8 Å². The van der Waals surface area contributed by atoms with Crippen LogP contribution in [-0.2, 0) is 0 Å². The third kappa shape index (κ3) is 3.58. The zero-order valence-corrected chi connectivity index (χ0v) is 9.20. The molecule has 0 spiro atoms. The van der Waals surface area contributed by atoms with Crippen LogP contribution in [0.3, 0.4) is 0 Å². The SMILES string of the molecule is CC.CN.c1ccc2ccccc2c1. The van der Waals surface area contributed by atoms with E-state index in [9.17, 15) is 0 Å². The normalized spacial score (nSPS) is 8.00. The second-order valence-electron chi connectivity index (χ2n) is 2.35. The minimum Gasteiger partial charge on any atom is -0.333 e. The molecule has 0 amide bonds. The molecule has 0 saturated heterocycles. The fourth-order valence-corrected chi connectivity index (χ4v) is 1.13. The molecule has 0 saturated carbocycles. The van der Waals surface area contributed by atoms with Crippen molar-refractivity contribution in [3.63, 3.8) is 0 Å². The van der Waals surface area contributed by atoms with Crippen LogP contribution in [0.1, 0.15) is 13.8 Å². The lowest BCUT2D eigenvalue weighted by atomic mass is 10.1. The molecular weight excluding hydrogens is 170 g/mol. The zero-order chi connectivity index (χ0) is 10.8. The van der Waals surface area contributed by atoms with Gasteiger partial charge < -0.3 is 5.73 Å². The standard InChI is InChI=1S/C10H8.C2H6.CH5N/c1-2-6-10-8-4-3-7-9(10)5-1;2*1-2/h1-8H;1-2H3;2H2,1H3. The molecule has 0 aliphatic carbocycles. The molecule has 2 aromatic carbocycles. The summed E-state index contributed by atoms with van der Waals surface area (Å²) in [6.45, 7) is 4.00. The highest BCUT2D eigenvalue weighted by molar-refractivity contribution is 5.81. The molecule has 76 valence electrons. The minimum absolute atomic E-state index is 1.31. The van der Waals surface area contributed by atoms with Crippen LogP contribution in [0.5, 0.6) is 0 Å². The van der Waals surface area contributed by atoms with E-state index in [1.165, 1.54) is 17.8 Å². The van der Waals surface area contributed by atoms with Gasteiger partial charge in [-0.3, -0.25) is 0 Å². The van der Waals surface area contributed by atoms with E-state index in [1.54, 1.807) is 0 Å². The Bertz CT molecular complexity index is 276. The topological polar surface area (TPSA) is 26.0 Å². The van der Waals surface area contributed by atoms with Crippen LogP contribution in [0.4, 0.5) is 0 Å². The fraction of sp³-hybridized carbons (Fsp3) is 0.231. The Kier molecular flexibility index (Phi) is 7.48. The Morgan fingerprint density at radius 2 is 0.857 bits per heavy atom. The van der Waals surface area contributed by atoms with Gasteiger partial charge in [0.25, 0.3) is 0 Å². The van der Waals surface area contributed by atoms with Crippen molar-refractivity contribution in [2.24, 2.45) is 5.73 Å². The van der Waals surface area contributed by atoms with Gasteiger partial charge in [-0.2, -0.15) is 0 Å². The summed E-state index contributed by atoms with van der Waals surface area (Å²) in [4.78, 5) is 0. The Hall–Kier alpha value is -1.34. The molecule has 0 atom stereocenters. The van der Waals surface area contributed by atoms with Gasteiger partial charge in [0.2, 0.25) is 0 Å². The van der Waals surface area contributed by atoms with Gasteiger partial charge in [0.1, 0.15) is 0 Å². The fourth-order valence-electron chi connectivity index (χ4n) is 1.13. The van der Waals surface area contributed by atoms with Crippen LogP contribution < -0.4 is 5.73 Å². The second-order valence-corrected chi connectivity index (χ2v) is 2.35. The monoisotopic (exact) mass is 189 g/mol. The van der Waals surface area contributed by atoms with Crippen molar-refractivity contribution >= 4 is 10.8 Å². The summed E-state index contributed by atoms with van der Waals surface area (Å²) in [7, 11) is 1.50. The van der Waals surface area contributed by atoms with Gasteiger partial charge >= 0.3 is 0 Å². The Labute approximate surface area is 86.6 Å². The summed E-state index contributed by atoms with van der Waals surface area (Å²) in [6, 6.07) is 16.7. The third-order valence-corrected chi connectivity index (χ3v) is 1.66. The third-order valence-electron chi connectivity index (χ3n) is 1.66. The van der Waals surface area contributed by atoms with Crippen LogP contribution in [0.25, 0.3) is 10.8 Å². The molecule has 2 N–H and O–H groups in total. The molecule has 0 aromatic heterocycles. The van der Waals surface area contributed by atoms with Gasteiger partial charge in [0, 0.05) is 0 Å². The summed E-state index contributed by atoms with van der Waals surface area (Å²) in [5, 5.41) is 2.62. The van der Waals surface area contributed by atoms with Gasteiger partial charge in [-0.15, -0.1) is 0 Å². The number of nitrogens with two attached hydrogens (primary N) is 1. The van der Waals surface area contributed by atoms with Crippen molar-refractivity contribution in [3.05, 3.63) is 48.5 Å². The maximum absolute atomic E-state index is 4.50. The van der Waals surface area contributed by atoms with Crippen molar-refractivity contribution in [1.29, 1.82) is 0 Å². The zero-order valence-electron chi connectivity index (χ0n) is 9.20. The maximum Gasteiger partial charge on any atom is -0.0184 e. The first-order valence-corrected chi connectivity index (χ1v) is 4.98. The molecule has 0 aliphatic heterocycles. The van der Waals surface area contributed by atoms with E-state index in [2.05, 4.69) is 54.3 Å². The average molecular weight is 189 g/mol. The first kappa shape index (κ1) is 12.7. The van der Waals surface area contributed by atoms with Crippen molar-refractivity contribution in [1.82, 2.24) is 0 Å². The van der Waals surface area contributed by atoms with Gasteiger partial charge in [0.15, 0.2) is 0 Å². The van der Waals surface area contributed by atoms with Crippen LogP contribution in [0, 0.1) is 0 Å². The molecule has 1 heteroatoms. The van der Waals surface area contributed by atoms with Crippen LogP contribution >= 0.6 is 0 Å². The van der Waals surface area contributed by atoms with Crippen molar-refractivity contribution in [3.8, 4) is 0 Å². The predicted molar refractivity (Wildman–Crippen MR) is 65.4 cm³/mol. The van der Waals surface area contributed by atoms with Gasteiger partial charge in [-0.25, -0.2) is 0 Å². The van der Waals surface area contributed by atoms with Gasteiger partial charge in [-0.1, -0.05) is 62.4 Å². The quantitative estimate of drug-likeness (QED) is 0.675. The molecule has 0 bridgehead atoms. The lowest BCUT2D eigenvalue weighted by Crippen LogP contribution is -1.69. The largest absolute Gasteiger partial charge is 0.333 e. The van der Waals surface area contributed by atoms with E-state index in [0.29, 0.717) is 0 Å². The minimum atomic E-state index is 1.31. The number of fused-ring (bicyclic) bond motifs is 1. The lowest BCUT2D eigenvalue weighted by Gasteiger charge is -1.92. The molecule has 0 radical (unpaired) electrons. The first-order valence-electron chi connectivity index (χ1n) is 4.98. The smallest absolute Gasteiger partial charge is 0.0184 e. The summed E-state index contributed by atoms with van der Waals surface area (Å²) in [5.74, 6) is 0. The van der Waals surface area contributed by atoms with Crippen LogP contribution in [0.15, 0.2) is 48.5 Å². The van der Waals surface area contributed by atoms with E-state index in [4.69, 9.17) is 0 Å². The highest BCUT2D eigenvalue weighted by atomic mass is 14.4. The Morgan fingerprint density at radius 3 is 1.07 bits per heavy atom. The lowest BCUT2D eigenvalue weighted by molar-refractivity contribution is 1.48. The van der Waals surface area contributed by atoms with Crippen molar-refractivity contribution < 1.29 is 0 Å². The van der Waals surface area contributed by atoms with E-state index in [-0.39, 0.29) is 0 Å². The van der Waals surface area contributed by atoms with E-state index >= 15 is 0 Å². The van der Waals surface area contributed by atoms with Gasteiger partial charge in [0.05, 0.1) is 0 Å². The number of hydrogen-bond donors (Lipinski definition) is 1. The van der Waals surface area contributed by atoms with Crippen molar-refractivity contribution in [2.75, 3.05) is 7.05 Å². The molecule has 0 fully saturated rings. The summed E-state index contributed by atoms with van der Waals surface area (Å²) >= 11 is 0. The molecular formula is C13H19N. The number of benzene rings is 2. The molecule has 14 heavy (non-hydrogen) atoms. The molecule has 1 nitrogen and oxygen atoms in total. The average Bonchev–Trinajstić information content (AvgIpc) is 2.34. The summed E-state index contributed by atoms with van der Waals surface area (Å²) < 4.78 is 0. The van der Waals surface area contributed by atoms with E-state index in [1.807, 2.05) is 13.8 Å². The Balaban J connectivity index is 0.000000379. The number of hydrogen-bond acceptors (Lipinski definition) is 1. The van der Waals surface area contributed by atoms with Crippen LogP contribution in [0.2, 0.25) is 0 Å². The van der Waals surface area contributed by atoms with E-state index in [0.717, 1.165) is 0 Å². The van der Waals surface area contributed by atoms with Crippen LogP contribution in [-0.4, -0.2) is 7.05 Å². The predicted octanol–water partition coefficient (Wildman–Crippen LogP) is 3.44. The molecule has 0 unspecified atom stereocenters. The number of rotatable bonds is 0. The summed E-state index contributed by atoms with van der Waals surface area (Å²) in [6.07, 6.45) is 0. The van der Waals surface area contributed by atoms with Gasteiger partial charge in [-0.05, 0) is 17.8 Å². The molecule has 0 heterocycles. The molecule has 2 aromatic rings. The molecule has 0 aliphatic rings.